The van der Waals surface area contributed by atoms with E-state index in [9.17, 15) is 5.21 Å². The van der Waals surface area contributed by atoms with E-state index >= 15 is 0 Å². The highest BCUT2D eigenvalue weighted by atomic mass is 16.5. The Balaban J connectivity index is 2.01. The van der Waals surface area contributed by atoms with Crippen molar-refractivity contribution in [3.05, 3.63) is 75.5 Å². The molecular formula is C18H19NO. The lowest BCUT2D eigenvalue weighted by atomic mass is 9.94. The Morgan fingerprint density at radius 3 is 2.05 bits per heavy atom. The summed E-state index contributed by atoms with van der Waals surface area (Å²) in [4.78, 5) is 0. The van der Waals surface area contributed by atoms with Gasteiger partial charge in [0.15, 0.2) is 6.21 Å². The van der Waals surface area contributed by atoms with Crippen molar-refractivity contribution in [3.8, 4) is 0 Å². The summed E-state index contributed by atoms with van der Waals surface area (Å²) in [5.74, 6) is 0. The average molecular weight is 265 g/mol. The molecule has 6 rings (SSSR count). The van der Waals surface area contributed by atoms with E-state index in [-0.39, 0.29) is 0 Å². The highest BCUT2D eigenvalue weighted by molar-refractivity contribution is 5.78. The zero-order valence-corrected chi connectivity index (χ0v) is 11.8. The van der Waals surface area contributed by atoms with Crippen LogP contribution in [0, 0.1) is 5.21 Å². The third-order valence-electron chi connectivity index (χ3n) is 3.94. The lowest BCUT2D eigenvalue weighted by Gasteiger charge is -2.12. The maximum atomic E-state index is 11.3. The predicted molar refractivity (Wildman–Crippen MR) is 82.4 cm³/mol. The summed E-state index contributed by atoms with van der Waals surface area (Å²) >= 11 is 0. The van der Waals surface area contributed by atoms with E-state index < -0.39 is 0 Å². The van der Waals surface area contributed by atoms with E-state index in [1.54, 1.807) is 6.21 Å². The molecule has 0 saturated heterocycles. The molecule has 0 aliphatic heterocycles. The molecule has 0 atom stereocenters. The van der Waals surface area contributed by atoms with Crippen molar-refractivity contribution in [2.24, 2.45) is 0 Å². The number of hydrogen-bond acceptors (Lipinski definition) is 1. The maximum absolute atomic E-state index is 11.3. The molecular weight excluding hydrogens is 246 g/mol. The van der Waals surface area contributed by atoms with Gasteiger partial charge in [-0.25, -0.2) is 4.74 Å². The second-order valence-electron chi connectivity index (χ2n) is 5.52. The lowest BCUT2D eigenvalue weighted by Crippen LogP contribution is -2.05. The van der Waals surface area contributed by atoms with Crippen LogP contribution in [-0.4, -0.2) is 18.0 Å². The molecule has 2 aromatic rings. The van der Waals surface area contributed by atoms with E-state index in [0.29, 0.717) is 0 Å². The fourth-order valence-electron chi connectivity index (χ4n) is 2.78. The van der Waals surface area contributed by atoms with Gasteiger partial charge in [-0.2, -0.15) is 0 Å². The minimum absolute atomic E-state index is 0.891. The molecule has 0 spiro atoms. The smallest absolute Gasteiger partial charge is 0.181 e. The van der Waals surface area contributed by atoms with Gasteiger partial charge in [-0.05, 0) is 54.0 Å². The second kappa shape index (κ2) is 5.49. The van der Waals surface area contributed by atoms with Crippen LogP contribution in [0.25, 0.3) is 0 Å². The molecule has 4 aliphatic carbocycles. The molecule has 0 fully saturated rings. The second-order valence-corrected chi connectivity index (χ2v) is 5.52. The van der Waals surface area contributed by atoms with E-state index in [4.69, 9.17) is 0 Å². The Kier molecular flexibility index (Phi) is 3.55. The van der Waals surface area contributed by atoms with Gasteiger partial charge < -0.3 is 5.21 Å². The van der Waals surface area contributed by atoms with Crippen molar-refractivity contribution >= 4 is 6.21 Å². The molecule has 4 aliphatic rings. The van der Waals surface area contributed by atoms with Crippen LogP contribution in [0.3, 0.4) is 0 Å². The topological polar surface area (TPSA) is 26.1 Å². The van der Waals surface area contributed by atoms with Crippen LogP contribution in [0.5, 0.6) is 0 Å². The Hall–Kier alpha value is -2.09. The van der Waals surface area contributed by atoms with Gasteiger partial charge in [-0.1, -0.05) is 36.4 Å². The lowest BCUT2D eigenvalue weighted by molar-refractivity contribution is -0.416. The minimum atomic E-state index is 0.891. The van der Waals surface area contributed by atoms with Crippen molar-refractivity contribution < 1.29 is 4.74 Å². The first kappa shape index (κ1) is 12.9. The highest BCUT2D eigenvalue weighted by Crippen LogP contribution is 2.18. The van der Waals surface area contributed by atoms with E-state index in [0.717, 1.165) is 36.0 Å². The van der Waals surface area contributed by atoms with Crippen LogP contribution in [0.4, 0.5) is 0 Å². The van der Waals surface area contributed by atoms with E-state index in [1.165, 1.54) is 29.3 Å². The summed E-state index contributed by atoms with van der Waals surface area (Å²) in [7, 11) is 1.54. The van der Waals surface area contributed by atoms with Gasteiger partial charge in [0.05, 0.1) is 0 Å². The standard InChI is InChI=1S/C18H19NO/c1-19(20)13-18-12-16-7-6-14-2-4-15(5-3-14)8-10-17(18)11-9-16/h2-5,9,11-13H,6-8,10H2,1H3/b19-13+. The molecule has 0 N–H and O–H groups in total. The summed E-state index contributed by atoms with van der Waals surface area (Å²) in [6.45, 7) is 0. The first-order valence-electron chi connectivity index (χ1n) is 7.15. The molecule has 2 aromatic carbocycles. The zero-order chi connectivity index (χ0) is 13.9. The summed E-state index contributed by atoms with van der Waals surface area (Å²) < 4.78 is 0.891. The summed E-state index contributed by atoms with van der Waals surface area (Å²) in [6, 6.07) is 15.5. The molecule has 0 amide bonds. The quantitative estimate of drug-likeness (QED) is 0.337. The number of hydroxylamine groups is 1. The summed E-state index contributed by atoms with van der Waals surface area (Å²) in [6.07, 6.45) is 5.74. The molecule has 20 heavy (non-hydrogen) atoms. The molecule has 4 bridgehead atoms. The Labute approximate surface area is 120 Å². The third kappa shape index (κ3) is 2.90. The Bertz CT molecular complexity index is 637. The van der Waals surface area contributed by atoms with Crippen LogP contribution in [0.15, 0.2) is 42.5 Å². The average Bonchev–Trinajstić information content (AvgIpc) is 2.42. The van der Waals surface area contributed by atoms with Gasteiger partial charge in [0, 0.05) is 5.56 Å². The molecule has 2 heteroatoms. The van der Waals surface area contributed by atoms with Crippen molar-refractivity contribution in [2.45, 2.75) is 25.7 Å². The molecule has 102 valence electrons. The summed E-state index contributed by atoms with van der Waals surface area (Å²) in [5, 5.41) is 11.3. The predicted octanol–water partition coefficient (Wildman–Crippen LogP) is 3.13. The van der Waals surface area contributed by atoms with E-state index in [2.05, 4.69) is 42.5 Å². The number of benzene rings is 2. The fraction of sp³-hybridized carbons (Fsp3) is 0.278. The molecule has 2 nitrogen and oxygen atoms in total. The number of aryl methyl sites for hydroxylation is 4. The van der Waals surface area contributed by atoms with Crippen molar-refractivity contribution in [1.82, 2.24) is 0 Å². The molecule has 0 radical (unpaired) electrons. The first-order chi connectivity index (χ1) is 9.70. The number of nitrogens with zero attached hydrogens (tertiary/aromatic N) is 1. The van der Waals surface area contributed by atoms with Gasteiger partial charge in [-0.15, -0.1) is 0 Å². The monoisotopic (exact) mass is 265 g/mol. The van der Waals surface area contributed by atoms with Crippen molar-refractivity contribution in [3.63, 3.8) is 0 Å². The van der Waals surface area contributed by atoms with Gasteiger partial charge in [0.25, 0.3) is 0 Å². The van der Waals surface area contributed by atoms with Crippen LogP contribution < -0.4 is 0 Å². The largest absolute Gasteiger partial charge is 0.624 e. The zero-order valence-electron chi connectivity index (χ0n) is 11.8. The fourth-order valence-corrected chi connectivity index (χ4v) is 2.78. The van der Waals surface area contributed by atoms with Crippen molar-refractivity contribution in [2.75, 3.05) is 7.05 Å². The minimum Gasteiger partial charge on any atom is -0.624 e. The van der Waals surface area contributed by atoms with Gasteiger partial charge in [0.2, 0.25) is 0 Å². The van der Waals surface area contributed by atoms with Crippen LogP contribution in [0.1, 0.15) is 27.8 Å². The molecule has 0 unspecified atom stereocenters. The molecule has 0 aromatic heterocycles. The van der Waals surface area contributed by atoms with Crippen LogP contribution in [-0.2, 0) is 25.7 Å². The maximum Gasteiger partial charge on any atom is 0.181 e. The number of hydrogen-bond donors (Lipinski definition) is 0. The van der Waals surface area contributed by atoms with E-state index in [1.807, 2.05) is 0 Å². The summed E-state index contributed by atoms with van der Waals surface area (Å²) in [5.41, 5.74) is 6.35. The Morgan fingerprint density at radius 2 is 1.40 bits per heavy atom. The highest BCUT2D eigenvalue weighted by Gasteiger charge is 2.08. The van der Waals surface area contributed by atoms with Crippen molar-refractivity contribution in [1.29, 1.82) is 0 Å². The normalized spacial score (nSPS) is 14.9. The Morgan fingerprint density at radius 1 is 0.850 bits per heavy atom. The van der Waals surface area contributed by atoms with Gasteiger partial charge >= 0.3 is 0 Å². The SMILES string of the molecule is C/[N+]([O-])=C\c1cc2ccc1CCc1ccc(cc1)CC2. The van der Waals surface area contributed by atoms with Gasteiger partial charge in [-0.3, -0.25) is 0 Å². The van der Waals surface area contributed by atoms with Crippen LogP contribution in [0.2, 0.25) is 0 Å². The number of rotatable bonds is 1. The molecule has 0 saturated carbocycles. The first-order valence-corrected chi connectivity index (χ1v) is 7.15. The van der Waals surface area contributed by atoms with Crippen LogP contribution >= 0.6 is 0 Å². The molecule has 0 heterocycles. The van der Waals surface area contributed by atoms with Gasteiger partial charge in [0.1, 0.15) is 7.05 Å². The third-order valence-corrected chi connectivity index (χ3v) is 3.94.